The molecule has 0 radical (unpaired) electrons. The summed E-state index contributed by atoms with van der Waals surface area (Å²) in [6.07, 6.45) is 3.96. The topological polar surface area (TPSA) is 110 Å². The molecular weight excluding hydrogens is 429 g/mol. The summed E-state index contributed by atoms with van der Waals surface area (Å²) >= 11 is 0. The van der Waals surface area contributed by atoms with Crippen LogP contribution in [0.3, 0.4) is 0 Å². The number of methoxy groups -OCH3 is 2. The van der Waals surface area contributed by atoms with Gasteiger partial charge in [-0.05, 0) is 31.0 Å². The number of nitrogens with zero attached hydrogens (tertiary/aromatic N) is 4. The highest BCUT2D eigenvalue weighted by Crippen LogP contribution is 2.31. The molecular formula is C23H24FN5O4. The van der Waals surface area contributed by atoms with Crippen molar-refractivity contribution in [2.24, 2.45) is 0 Å². The Morgan fingerprint density at radius 2 is 2.09 bits per heavy atom. The van der Waals surface area contributed by atoms with Crippen LogP contribution in [-0.4, -0.2) is 59.4 Å². The van der Waals surface area contributed by atoms with Gasteiger partial charge in [0.15, 0.2) is 5.82 Å². The Morgan fingerprint density at radius 3 is 2.85 bits per heavy atom. The summed E-state index contributed by atoms with van der Waals surface area (Å²) in [6.45, 7) is 1.09. The lowest BCUT2D eigenvalue weighted by molar-refractivity contribution is 0.0600. The summed E-state index contributed by atoms with van der Waals surface area (Å²) in [5, 5.41) is 13.2. The Balaban J connectivity index is 1.67. The maximum Gasteiger partial charge on any atom is 0.341 e. The van der Waals surface area contributed by atoms with Gasteiger partial charge >= 0.3 is 5.97 Å². The molecule has 33 heavy (non-hydrogen) atoms. The number of β-amino-alcohol motifs (C(OH)–C–C–N with tert-alkyl or cyclic N) is 1. The number of aliphatic hydroxyl groups excluding tert-OH is 1. The fraction of sp³-hybridized carbons (Fsp3) is 0.304. The first-order chi connectivity index (χ1) is 16.0. The van der Waals surface area contributed by atoms with Gasteiger partial charge in [0.25, 0.3) is 0 Å². The number of carbonyl (C=O) groups excluding carboxylic acids is 1. The van der Waals surface area contributed by atoms with Crippen LogP contribution in [0.5, 0.6) is 5.75 Å². The van der Waals surface area contributed by atoms with E-state index < -0.39 is 17.9 Å². The molecule has 0 aliphatic carbocycles. The van der Waals surface area contributed by atoms with Crippen molar-refractivity contribution in [3.63, 3.8) is 0 Å². The van der Waals surface area contributed by atoms with E-state index in [-0.39, 0.29) is 11.4 Å². The van der Waals surface area contributed by atoms with Crippen LogP contribution in [-0.2, 0) is 4.74 Å². The molecule has 4 rings (SSSR count). The van der Waals surface area contributed by atoms with Gasteiger partial charge in [-0.2, -0.15) is 0 Å². The van der Waals surface area contributed by atoms with Crippen molar-refractivity contribution in [2.75, 3.05) is 37.5 Å². The van der Waals surface area contributed by atoms with Gasteiger partial charge in [-0.15, -0.1) is 0 Å². The summed E-state index contributed by atoms with van der Waals surface area (Å²) in [5.41, 5.74) is 1.06. The highest BCUT2D eigenvalue weighted by molar-refractivity contribution is 5.96. The lowest BCUT2D eigenvalue weighted by Gasteiger charge is -2.33. The number of ether oxygens (including phenoxy) is 2. The van der Waals surface area contributed by atoms with Gasteiger partial charge in [0.1, 0.15) is 28.8 Å². The van der Waals surface area contributed by atoms with Crippen molar-refractivity contribution < 1.29 is 23.8 Å². The van der Waals surface area contributed by atoms with Gasteiger partial charge < -0.3 is 24.8 Å². The van der Waals surface area contributed by atoms with Gasteiger partial charge in [0, 0.05) is 31.5 Å². The van der Waals surface area contributed by atoms with Crippen LogP contribution in [0.2, 0.25) is 0 Å². The number of hydrogen-bond donors (Lipinski definition) is 2. The Bertz CT molecular complexity index is 1160. The van der Waals surface area contributed by atoms with Crippen molar-refractivity contribution in [1.82, 2.24) is 15.0 Å². The summed E-state index contributed by atoms with van der Waals surface area (Å²) in [5.74, 6) is 0.258. The third-order valence-electron chi connectivity index (χ3n) is 5.36. The van der Waals surface area contributed by atoms with Crippen LogP contribution in [0, 0.1) is 5.82 Å². The summed E-state index contributed by atoms with van der Waals surface area (Å²) in [6, 6.07) is 7.82. The second kappa shape index (κ2) is 9.78. The molecule has 0 unspecified atom stereocenters. The monoisotopic (exact) mass is 453 g/mol. The molecule has 3 heterocycles. The Labute approximate surface area is 190 Å². The Kier molecular flexibility index (Phi) is 6.64. The zero-order valence-corrected chi connectivity index (χ0v) is 18.3. The number of aromatic nitrogens is 3. The number of nitrogens with one attached hydrogen (secondary N) is 1. The molecule has 2 N–H and O–H groups in total. The van der Waals surface area contributed by atoms with Crippen molar-refractivity contribution >= 4 is 23.3 Å². The van der Waals surface area contributed by atoms with E-state index in [1.807, 2.05) is 4.90 Å². The first kappa shape index (κ1) is 22.4. The molecule has 10 heteroatoms. The molecule has 0 bridgehead atoms. The molecule has 9 nitrogen and oxygen atoms in total. The standard InChI is InChI=1S/C23H24FN5O4/c1-32-18-7-3-6-16(24)21(18)22-25-9-8-19(28-22)27-20-11-17(15(12-26-20)23(31)33-2)29-10-4-5-14(30)13-29/h3,6-9,11-12,14,30H,4-5,10,13H2,1-2H3,(H,25,26,27,28)/t14-/m0/s1. The van der Waals surface area contributed by atoms with Crippen LogP contribution in [0.15, 0.2) is 42.7 Å². The number of piperidine rings is 1. The SMILES string of the molecule is COC(=O)c1cnc(Nc2ccnc(-c3c(F)cccc3OC)n2)cc1N1CCC[C@H](O)C1. The van der Waals surface area contributed by atoms with Gasteiger partial charge in [-0.25, -0.2) is 24.1 Å². The van der Waals surface area contributed by atoms with E-state index in [4.69, 9.17) is 9.47 Å². The third kappa shape index (κ3) is 4.85. The lowest BCUT2D eigenvalue weighted by Crippen LogP contribution is -2.39. The lowest BCUT2D eigenvalue weighted by atomic mass is 10.1. The summed E-state index contributed by atoms with van der Waals surface area (Å²) < 4.78 is 24.6. The molecule has 1 atom stereocenters. The first-order valence-corrected chi connectivity index (χ1v) is 10.4. The van der Waals surface area contributed by atoms with Gasteiger partial charge in [0.05, 0.1) is 31.6 Å². The molecule has 0 saturated carbocycles. The van der Waals surface area contributed by atoms with E-state index in [9.17, 15) is 14.3 Å². The molecule has 1 aliphatic rings. The third-order valence-corrected chi connectivity index (χ3v) is 5.36. The second-order valence-electron chi connectivity index (χ2n) is 7.53. The van der Waals surface area contributed by atoms with E-state index in [2.05, 4.69) is 20.3 Å². The molecule has 1 saturated heterocycles. The zero-order valence-electron chi connectivity index (χ0n) is 18.3. The molecule has 2 aromatic heterocycles. The molecule has 3 aromatic rings. The molecule has 1 aromatic carbocycles. The number of anilines is 3. The number of halogens is 1. The minimum absolute atomic E-state index is 0.153. The van der Waals surface area contributed by atoms with Crippen LogP contribution < -0.4 is 15.0 Å². The van der Waals surface area contributed by atoms with Crippen molar-refractivity contribution in [3.05, 3.63) is 54.1 Å². The van der Waals surface area contributed by atoms with Crippen LogP contribution in [0.25, 0.3) is 11.4 Å². The molecule has 0 spiro atoms. The fourth-order valence-electron chi connectivity index (χ4n) is 3.79. The maximum atomic E-state index is 14.5. The van der Waals surface area contributed by atoms with E-state index in [0.29, 0.717) is 48.1 Å². The van der Waals surface area contributed by atoms with Crippen LogP contribution in [0.4, 0.5) is 21.7 Å². The maximum absolute atomic E-state index is 14.5. The Hall–Kier alpha value is -3.79. The summed E-state index contributed by atoms with van der Waals surface area (Å²) in [7, 11) is 2.76. The van der Waals surface area contributed by atoms with Gasteiger partial charge in [-0.1, -0.05) is 6.07 Å². The average Bonchev–Trinajstić information content (AvgIpc) is 2.83. The number of pyridine rings is 1. The van der Waals surface area contributed by atoms with Gasteiger partial charge in [-0.3, -0.25) is 0 Å². The van der Waals surface area contributed by atoms with Crippen molar-refractivity contribution in [1.29, 1.82) is 0 Å². The average molecular weight is 453 g/mol. The molecule has 172 valence electrons. The summed E-state index contributed by atoms with van der Waals surface area (Å²) in [4.78, 5) is 27.1. The highest BCUT2D eigenvalue weighted by atomic mass is 19.1. The predicted molar refractivity (Wildman–Crippen MR) is 120 cm³/mol. The number of hydrogen-bond acceptors (Lipinski definition) is 9. The van der Waals surface area contributed by atoms with Gasteiger partial charge in [0.2, 0.25) is 0 Å². The van der Waals surface area contributed by atoms with E-state index in [0.717, 1.165) is 6.42 Å². The second-order valence-corrected chi connectivity index (χ2v) is 7.53. The zero-order chi connectivity index (χ0) is 23.4. The minimum Gasteiger partial charge on any atom is -0.496 e. The molecule has 1 aliphatic heterocycles. The number of rotatable bonds is 6. The van der Waals surface area contributed by atoms with E-state index in [1.54, 1.807) is 24.3 Å². The number of carbonyl (C=O) groups is 1. The molecule has 1 fully saturated rings. The van der Waals surface area contributed by atoms with Crippen LogP contribution in [0.1, 0.15) is 23.2 Å². The van der Waals surface area contributed by atoms with Crippen LogP contribution >= 0.6 is 0 Å². The first-order valence-electron chi connectivity index (χ1n) is 10.4. The Morgan fingerprint density at radius 1 is 1.24 bits per heavy atom. The number of benzene rings is 1. The quantitative estimate of drug-likeness (QED) is 0.544. The predicted octanol–water partition coefficient (Wildman–Crippen LogP) is 3.18. The van der Waals surface area contributed by atoms with Crippen molar-refractivity contribution in [3.8, 4) is 17.1 Å². The normalized spacial score (nSPS) is 15.8. The number of aliphatic hydroxyl groups is 1. The largest absolute Gasteiger partial charge is 0.496 e. The highest BCUT2D eigenvalue weighted by Gasteiger charge is 2.24. The van der Waals surface area contributed by atoms with Crippen molar-refractivity contribution in [2.45, 2.75) is 18.9 Å². The number of esters is 1. The van der Waals surface area contributed by atoms with E-state index >= 15 is 0 Å². The minimum atomic E-state index is -0.514. The fourth-order valence-corrected chi connectivity index (χ4v) is 3.79. The molecule has 0 amide bonds. The smallest absolute Gasteiger partial charge is 0.341 e. The van der Waals surface area contributed by atoms with E-state index in [1.165, 1.54) is 32.7 Å².